The van der Waals surface area contributed by atoms with Crippen molar-refractivity contribution in [2.75, 3.05) is 64.1 Å². The van der Waals surface area contributed by atoms with Gasteiger partial charge < -0.3 is 15.4 Å². The van der Waals surface area contributed by atoms with Crippen LogP contribution in [0.5, 0.6) is 0 Å². The Bertz CT molecular complexity index is 853. The highest BCUT2D eigenvalue weighted by Crippen LogP contribution is 2.09. The zero-order valence-corrected chi connectivity index (χ0v) is 21.1. The molecule has 1 aromatic heterocycles. The van der Waals surface area contributed by atoms with Gasteiger partial charge in [0.05, 0.1) is 19.5 Å². The third-order valence-corrected chi connectivity index (χ3v) is 6.99. The van der Waals surface area contributed by atoms with Gasteiger partial charge in [0.25, 0.3) is 0 Å². The summed E-state index contributed by atoms with van der Waals surface area (Å²) < 4.78 is 31.2. The van der Waals surface area contributed by atoms with Crippen molar-refractivity contribution in [2.45, 2.75) is 44.9 Å². The molecule has 0 aromatic carbocycles. The molecule has 0 spiro atoms. The van der Waals surface area contributed by atoms with Crippen LogP contribution in [0.15, 0.2) is 29.5 Å². The van der Waals surface area contributed by atoms with E-state index in [0.717, 1.165) is 90.0 Å². The Balaban J connectivity index is 1.53. The van der Waals surface area contributed by atoms with Gasteiger partial charge in [-0.05, 0) is 37.9 Å². The number of nitrogens with one attached hydrogen (secondary N) is 2. The number of ether oxygens (including phenoxy) is 1. The number of aliphatic imine (C=N–C) groups is 1. The summed E-state index contributed by atoms with van der Waals surface area (Å²) in [5.74, 6) is 0.434. The van der Waals surface area contributed by atoms with Gasteiger partial charge in [-0.3, -0.25) is 9.88 Å². The van der Waals surface area contributed by atoms with Crippen molar-refractivity contribution in [3.8, 4) is 6.19 Å². The number of sulfonamides is 1. The smallest absolute Gasteiger partial charge is 0.211 e. The average Bonchev–Trinajstić information content (AvgIpc) is 2.82. The van der Waals surface area contributed by atoms with Crippen molar-refractivity contribution >= 4 is 21.7 Å². The molecule has 34 heavy (non-hydrogen) atoms. The number of morpholine rings is 1. The van der Waals surface area contributed by atoms with Crippen LogP contribution in [0.2, 0.25) is 0 Å². The van der Waals surface area contributed by atoms with Crippen molar-refractivity contribution in [3.63, 3.8) is 0 Å². The van der Waals surface area contributed by atoms with Gasteiger partial charge in [0.1, 0.15) is 0 Å². The maximum absolute atomic E-state index is 12.1. The molecular weight excluding hydrogens is 454 g/mol. The van der Waals surface area contributed by atoms with Crippen molar-refractivity contribution in [3.05, 3.63) is 24.5 Å². The van der Waals surface area contributed by atoms with Crippen molar-refractivity contribution in [1.82, 2.24) is 19.5 Å². The Labute approximate surface area is 204 Å². The Morgan fingerprint density at radius 3 is 2.44 bits per heavy atom. The molecule has 0 aliphatic carbocycles. The molecule has 2 heterocycles. The first-order valence-corrected chi connectivity index (χ1v) is 14.0. The number of aromatic nitrogens is 1. The fourth-order valence-corrected chi connectivity index (χ4v) is 4.72. The fourth-order valence-electron chi connectivity index (χ4n) is 3.80. The molecule has 0 saturated carbocycles. The normalized spacial score (nSPS) is 15.3. The van der Waals surface area contributed by atoms with Gasteiger partial charge in [-0.2, -0.15) is 5.26 Å². The van der Waals surface area contributed by atoms with Gasteiger partial charge in [0, 0.05) is 50.8 Å². The summed E-state index contributed by atoms with van der Waals surface area (Å²) in [6.45, 7) is 6.22. The van der Waals surface area contributed by atoms with Crippen LogP contribution in [0.1, 0.15) is 44.9 Å². The quantitative estimate of drug-likeness (QED) is 0.165. The summed E-state index contributed by atoms with van der Waals surface area (Å²) in [6, 6.07) is 3.62. The minimum Gasteiger partial charge on any atom is -0.379 e. The lowest BCUT2D eigenvalue weighted by atomic mass is 10.1. The van der Waals surface area contributed by atoms with E-state index in [0.29, 0.717) is 19.0 Å². The molecule has 1 saturated heterocycles. The molecule has 1 aliphatic rings. The van der Waals surface area contributed by atoms with E-state index in [9.17, 15) is 8.42 Å². The summed E-state index contributed by atoms with van der Waals surface area (Å²) in [6.07, 6.45) is 13.4. The first-order chi connectivity index (χ1) is 16.5. The number of nitrogens with zero attached hydrogens (tertiary/aromatic N) is 5. The first-order valence-electron chi connectivity index (χ1n) is 12.1. The molecule has 190 valence electrons. The molecule has 0 bridgehead atoms. The highest BCUT2D eigenvalue weighted by molar-refractivity contribution is 7.88. The molecule has 0 amide bonds. The third kappa shape index (κ3) is 12.3. The van der Waals surface area contributed by atoms with Gasteiger partial charge in [-0.25, -0.2) is 12.7 Å². The van der Waals surface area contributed by atoms with E-state index in [1.165, 1.54) is 6.26 Å². The second-order valence-electron chi connectivity index (χ2n) is 8.44. The van der Waals surface area contributed by atoms with E-state index in [-0.39, 0.29) is 0 Å². The van der Waals surface area contributed by atoms with Crippen LogP contribution in [-0.2, 0) is 14.8 Å². The Morgan fingerprint density at radius 2 is 1.76 bits per heavy atom. The number of pyridine rings is 1. The molecule has 0 atom stereocenters. The van der Waals surface area contributed by atoms with E-state index in [1.54, 1.807) is 22.9 Å². The van der Waals surface area contributed by atoms with E-state index in [2.05, 4.69) is 25.5 Å². The SMILES string of the molecule is CS(=O)(=O)N(CCCCCCCCN/C(=N\C#N)Nc1ccncc1)CCCN1CCOCC1. The standard InChI is InChI=1S/C23H39N7O3S/c1-34(31,32)30(16-8-14-29-17-19-33-20-18-29)15-7-5-3-2-4-6-11-26-23(27-21-24)28-22-9-12-25-13-10-22/h9-10,12-13H,2-8,11,14-20H2,1H3,(H2,25,26,27,28). The van der Waals surface area contributed by atoms with Crippen LogP contribution in [0.3, 0.4) is 0 Å². The molecular formula is C23H39N7O3S. The van der Waals surface area contributed by atoms with Crippen LogP contribution in [-0.4, -0.2) is 87.3 Å². The van der Waals surface area contributed by atoms with Crippen LogP contribution >= 0.6 is 0 Å². The van der Waals surface area contributed by atoms with Crippen LogP contribution < -0.4 is 10.6 Å². The molecule has 0 unspecified atom stereocenters. The summed E-state index contributed by atoms with van der Waals surface area (Å²) >= 11 is 0. The average molecular weight is 494 g/mol. The van der Waals surface area contributed by atoms with E-state index in [4.69, 9.17) is 10.00 Å². The fraction of sp³-hybridized carbons (Fsp3) is 0.696. The Kier molecular flexibility index (Phi) is 13.5. The number of hydrogen-bond acceptors (Lipinski definition) is 7. The number of guanidine groups is 1. The lowest BCUT2D eigenvalue weighted by Crippen LogP contribution is -2.39. The van der Waals surface area contributed by atoms with Crippen LogP contribution in [0.4, 0.5) is 5.69 Å². The van der Waals surface area contributed by atoms with Crippen LogP contribution in [0.25, 0.3) is 0 Å². The first kappa shape index (κ1) is 28.0. The third-order valence-electron chi connectivity index (χ3n) is 5.69. The molecule has 11 heteroatoms. The molecule has 0 radical (unpaired) electrons. The molecule has 1 aromatic rings. The second kappa shape index (κ2) is 16.4. The van der Waals surface area contributed by atoms with E-state index >= 15 is 0 Å². The van der Waals surface area contributed by atoms with Crippen molar-refractivity contribution in [2.24, 2.45) is 4.99 Å². The number of hydrogen-bond donors (Lipinski definition) is 2. The molecule has 10 nitrogen and oxygen atoms in total. The van der Waals surface area contributed by atoms with Crippen molar-refractivity contribution in [1.29, 1.82) is 5.26 Å². The zero-order chi connectivity index (χ0) is 24.5. The number of nitriles is 1. The van der Waals surface area contributed by atoms with Crippen LogP contribution in [0, 0.1) is 11.5 Å². The Morgan fingerprint density at radius 1 is 1.12 bits per heavy atom. The highest BCUT2D eigenvalue weighted by Gasteiger charge is 2.17. The summed E-state index contributed by atoms with van der Waals surface area (Å²) in [5.41, 5.74) is 0.820. The number of unbranched alkanes of at least 4 members (excludes halogenated alkanes) is 5. The predicted octanol–water partition coefficient (Wildman–Crippen LogP) is 2.24. The van der Waals surface area contributed by atoms with Gasteiger partial charge in [0.2, 0.25) is 22.2 Å². The molecule has 1 aliphatic heterocycles. The lowest BCUT2D eigenvalue weighted by Gasteiger charge is -2.27. The monoisotopic (exact) mass is 493 g/mol. The molecule has 2 N–H and O–H groups in total. The zero-order valence-electron chi connectivity index (χ0n) is 20.3. The Hall–Kier alpha value is -2.26. The summed E-state index contributed by atoms with van der Waals surface area (Å²) in [5, 5.41) is 15.1. The van der Waals surface area contributed by atoms with Gasteiger partial charge >= 0.3 is 0 Å². The van der Waals surface area contributed by atoms with E-state index in [1.807, 2.05) is 12.1 Å². The number of anilines is 1. The molecule has 2 rings (SSSR count). The summed E-state index contributed by atoms with van der Waals surface area (Å²) in [4.78, 5) is 10.1. The predicted molar refractivity (Wildman–Crippen MR) is 135 cm³/mol. The second-order valence-corrected chi connectivity index (χ2v) is 10.4. The minimum absolute atomic E-state index is 0.434. The minimum atomic E-state index is -3.17. The lowest BCUT2D eigenvalue weighted by molar-refractivity contribution is 0.0369. The van der Waals surface area contributed by atoms with Gasteiger partial charge in [-0.15, -0.1) is 4.99 Å². The van der Waals surface area contributed by atoms with E-state index < -0.39 is 10.0 Å². The summed E-state index contributed by atoms with van der Waals surface area (Å²) in [7, 11) is -3.17. The maximum atomic E-state index is 12.1. The topological polar surface area (TPSA) is 123 Å². The van der Waals surface area contributed by atoms with Gasteiger partial charge in [0.15, 0.2) is 0 Å². The number of rotatable bonds is 15. The highest BCUT2D eigenvalue weighted by atomic mass is 32.2. The molecule has 1 fully saturated rings. The van der Waals surface area contributed by atoms with Gasteiger partial charge in [-0.1, -0.05) is 25.7 Å². The largest absolute Gasteiger partial charge is 0.379 e. The maximum Gasteiger partial charge on any atom is 0.211 e. The van der Waals surface area contributed by atoms with Crippen molar-refractivity contribution < 1.29 is 13.2 Å².